The molecule has 1 amide bonds. The van der Waals surface area contributed by atoms with Gasteiger partial charge in [-0.1, -0.05) is 40.9 Å². The number of halogens is 3. The van der Waals surface area contributed by atoms with Crippen LogP contribution >= 0.6 is 34.8 Å². The minimum Gasteiger partial charge on any atom is -0.319 e. The Hall–Kier alpha value is -1.23. The van der Waals surface area contributed by atoms with Crippen molar-refractivity contribution in [3.8, 4) is 0 Å². The van der Waals surface area contributed by atoms with Gasteiger partial charge in [-0.3, -0.25) is 9.48 Å². The minimum absolute atomic E-state index is 0.290. The van der Waals surface area contributed by atoms with Crippen molar-refractivity contribution < 1.29 is 4.79 Å². The average Bonchev–Trinajstić information content (AvgIpc) is 2.70. The minimum atomic E-state index is -0.374. The molecule has 7 heteroatoms. The van der Waals surface area contributed by atoms with Gasteiger partial charge < -0.3 is 5.32 Å². The Morgan fingerprint density at radius 3 is 2.65 bits per heavy atom. The number of benzene rings is 1. The number of hydrogen-bond donors (Lipinski definition) is 1. The third kappa shape index (κ3) is 2.77. The first-order chi connectivity index (χ1) is 9.45. The summed E-state index contributed by atoms with van der Waals surface area (Å²) in [5.41, 5.74) is 1.35. The molecule has 1 aromatic heterocycles. The molecule has 2 rings (SSSR count). The molecular formula is C13H12Cl3N3O. The summed E-state index contributed by atoms with van der Waals surface area (Å²) in [6.45, 7) is 4.17. The van der Waals surface area contributed by atoms with Gasteiger partial charge in [0.2, 0.25) is 0 Å². The number of amides is 1. The van der Waals surface area contributed by atoms with Crippen LogP contribution in [0.3, 0.4) is 0 Å². The highest BCUT2D eigenvalue weighted by atomic mass is 35.5. The van der Waals surface area contributed by atoms with Crippen LogP contribution in [-0.4, -0.2) is 15.7 Å². The van der Waals surface area contributed by atoms with E-state index < -0.39 is 0 Å². The Balaban J connectivity index is 2.36. The predicted molar refractivity (Wildman–Crippen MR) is 82.1 cm³/mol. The van der Waals surface area contributed by atoms with E-state index in [0.29, 0.717) is 33.7 Å². The number of anilines is 1. The topological polar surface area (TPSA) is 46.9 Å². The van der Waals surface area contributed by atoms with E-state index >= 15 is 0 Å². The molecule has 0 saturated carbocycles. The van der Waals surface area contributed by atoms with Gasteiger partial charge in [0.25, 0.3) is 5.91 Å². The molecule has 4 nitrogen and oxygen atoms in total. The van der Waals surface area contributed by atoms with Crippen LogP contribution in [0.1, 0.15) is 23.1 Å². The van der Waals surface area contributed by atoms with Crippen molar-refractivity contribution in [3.05, 3.63) is 44.7 Å². The number of hydrogen-bond acceptors (Lipinski definition) is 2. The summed E-state index contributed by atoms with van der Waals surface area (Å²) in [4.78, 5) is 12.3. The number of aryl methyl sites for hydroxylation is 2. The van der Waals surface area contributed by atoms with Crippen LogP contribution < -0.4 is 5.32 Å². The highest BCUT2D eigenvalue weighted by Crippen LogP contribution is 2.30. The van der Waals surface area contributed by atoms with Crippen LogP contribution in [0.2, 0.25) is 15.1 Å². The first-order valence-corrected chi connectivity index (χ1v) is 7.07. The lowest BCUT2D eigenvalue weighted by molar-refractivity contribution is 0.101. The molecule has 106 valence electrons. The molecule has 0 aliphatic carbocycles. The van der Waals surface area contributed by atoms with Gasteiger partial charge >= 0.3 is 0 Å². The molecule has 0 fully saturated rings. The van der Waals surface area contributed by atoms with Crippen molar-refractivity contribution in [2.75, 3.05) is 5.32 Å². The zero-order chi connectivity index (χ0) is 14.9. The summed E-state index contributed by atoms with van der Waals surface area (Å²) in [5, 5.41) is 7.89. The molecule has 0 aliphatic rings. The second-order valence-corrected chi connectivity index (χ2v) is 5.28. The smallest absolute Gasteiger partial charge is 0.275 e. The van der Waals surface area contributed by atoms with Crippen molar-refractivity contribution >= 4 is 46.4 Å². The third-order valence-corrected chi connectivity index (χ3v) is 4.04. The van der Waals surface area contributed by atoms with E-state index in [1.54, 1.807) is 29.8 Å². The molecule has 1 heterocycles. The maximum absolute atomic E-state index is 12.3. The van der Waals surface area contributed by atoms with Gasteiger partial charge in [0.1, 0.15) is 5.69 Å². The van der Waals surface area contributed by atoms with Crippen LogP contribution in [0.15, 0.2) is 18.2 Å². The number of carbonyl (C=O) groups excluding carboxylic acids is 1. The fraction of sp³-hybridized carbons (Fsp3) is 0.231. The molecule has 0 bridgehead atoms. The molecule has 0 aliphatic heterocycles. The maximum atomic E-state index is 12.3. The van der Waals surface area contributed by atoms with Crippen molar-refractivity contribution in [1.29, 1.82) is 0 Å². The van der Waals surface area contributed by atoms with E-state index in [9.17, 15) is 4.79 Å². The SMILES string of the molecule is CCn1nc(C)c(Cl)c1C(=O)Nc1cccc(Cl)c1Cl. The lowest BCUT2D eigenvalue weighted by Gasteiger charge is -2.09. The van der Waals surface area contributed by atoms with Gasteiger partial charge in [-0.25, -0.2) is 0 Å². The molecule has 1 N–H and O–H groups in total. The second kappa shape index (κ2) is 6.04. The monoisotopic (exact) mass is 331 g/mol. The van der Waals surface area contributed by atoms with E-state index in [4.69, 9.17) is 34.8 Å². The summed E-state index contributed by atoms with van der Waals surface area (Å²) >= 11 is 18.1. The molecular weight excluding hydrogens is 321 g/mol. The van der Waals surface area contributed by atoms with Gasteiger partial charge in [0.15, 0.2) is 0 Å². The Kier molecular flexibility index (Phi) is 4.58. The Morgan fingerprint density at radius 1 is 1.30 bits per heavy atom. The first-order valence-electron chi connectivity index (χ1n) is 5.94. The summed E-state index contributed by atoms with van der Waals surface area (Å²) in [6, 6.07) is 5.01. The normalized spacial score (nSPS) is 10.7. The fourth-order valence-electron chi connectivity index (χ4n) is 1.79. The highest BCUT2D eigenvalue weighted by molar-refractivity contribution is 6.44. The fourth-order valence-corrected chi connectivity index (χ4v) is 2.36. The van der Waals surface area contributed by atoms with Crippen LogP contribution in [0.25, 0.3) is 0 Å². The first kappa shape index (κ1) is 15.2. The molecule has 0 unspecified atom stereocenters. The summed E-state index contributed by atoms with van der Waals surface area (Å²) in [7, 11) is 0. The molecule has 20 heavy (non-hydrogen) atoms. The summed E-state index contributed by atoms with van der Waals surface area (Å²) in [5.74, 6) is -0.374. The van der Waals surface area contributed by atoms with Crippen LogP contribution in [0, 0.1) is 6.92 Å². The van der Waals surface area contributed by atoms with Gasteiger partial charge in [-0.05, 0) is 26.0 Å². The van der Waals surface area contributed by atoms with E-state index in [2.05, 4.69) is 10.4 Å². The van der Waals surface area contributed by atoms with Gasteiger partial charge in [-0.15, -0.1) is 0 Å². The molecule has 2 aromatic rings. The predicted octanol–water partition coefficient (Wildman–Crippen LogP) is 4.42. The van der Waals surface area contributed by atoms with Crippen molar-refractivity contribution in [1.82, 2.24) is 9.78 Å². The summed E-state index contributed by atoms with van der Waals surface area (Å²) in [6.07, 6.45) is 0. The maximum Gasteiger partial charge on any atom is 0.275 e. The van der Waals surface area contributed by atoms with Crippen molar-refractivity contribution in [2.45, 2.75) is 20.4 Å². The number of carbonyl (C=O) groups is 1. The Labute approximate surface area is 131 Å². The Bertz CT molecular complexity index is 667. The van der Waals surface area contributed by atoms with Gasteiger partial charge in [0.05, 0.1) is 26.4 Å². The number of nitrogens with one attached hydrogen (secondary N) is 1. The zero-order valence-corrected chi connectivity index (χ0v) is 13.1. The van der Waals surface area contributed by atoms with Crippen LogP contribution in [-0.2, 0) is 6.54 Å². The van der Waals surface area contributed by atoms with E-state index in [1.807, 2.05) is 6.92 Å². The van der Waals surface area contributed by atoms with Crippen molar-refractivity contribution in [2.24, 2.45) is 0 Å². The molecule has 0 atom stereocenters. The van der Waals surface area contributed by atoms with E-state index in [-0.39, 0.29) is 10.9 Å². The highest BCUT2D eigenvalue weighted by Gasteiger charge is 2.20. The van der Waals surface area contributed by atoms with E-state index in [1.165, 1.54) is 0 Å². The molecule has 0 radical (unpaired) electrons. The number of rotatable bonds is 3. The molecule has 0 saturated heterocycles. The zero-order valence-electron chi connectivity index (χ0n) is 10.9. The van der Waals surface area contributed by atoms with Crippen LogP contribution in [0.5, 0.6) is 0 Å². The standard InChI is InChI=1S/C13H12Cl3N3O/c1-3-19-12(10(15)7(2)18-19)13(20)17-9-6-4-5-8(14)11(9)16/h4-6H,3H2,1-2H3,(H,17,20). The van der Waals surface area contributed by atoms with Gasteiger partial charge in [0, 0.05) is 6.54 Å². The van der Waals surface area contributed by atoms with Crippen molar-refractivity contribution in [3.63, 3.8) is 0 Å². The molecule has 1 aromatic carbocycles. The summed E-state index contributed by atoms with van der Waals surface area (Å²) < 4.78 is 1.55. The largest absolute Gasteiger partial charge is 0.319 e. The third-order valence-electron chi connectivity index (χ3n) is 2.77. The quantitative estimate of drug-likeness (QED) is 0.904. The number of aromatic nitrogens is 2. The average molecular weight is 333 g/mol. The van der Waals surface area contributed by atoms with Gasteiger partial charge in [-0.2, -0.15) is 5.10 Å². The lowest BCUT2D eigenvalue weighted by atomic mass is 10.3. The Morgan fingerprint density at radius 2 is 2.00 bits per heavy atom. The molecule has 0 spiro atoms. The van der Waals surface area contributed by atoms with E-state index in [0.717, 1.165) is 0 Å². The number of nitrogens with zero attached hydrogens (tertiary/aromatic N) is 2. The van der Waals surface area contributed by atoms with Crippen LogP contribution in [0.4, 0.5) is 5.69 Å². The lowest BCUT2D eigenvalue weighted by Crippen LogP contribution is -2.18. The second-order valence-electron chi connectivity index (χ2n) is 4.12.